The van der Waals surface area contributed by atoms with Crippen molar-refractivity contribution in [2.75, 3.05) is 18.0 Å². The second-order valence-corrected chi connectivity index (χ2v) is 4.35. The highest BCUT2D eigenvalue weighted by Gasteiger charge is 2.41. The molecule has 1 aromatic rings. The van der Waals surface area contributed by atoms with Crippen molar-refractivity contribution in [1.82, 2.24) is 9.97 Å². The Morgan fingerprint density at radius 3 is 2.53 bits per heavy atom. The maximum Gasteiger partial charge on any atom is 0.391 e. The third kappa shape index (κ3) is 3.12. The summed E-state index contributed by atoms with van der Waals surface area (Å²) in [5.74, 6) is -2.32. The summed E-state index contributed by atoms with van der Waals surface area (Å²) in [5.41, 5.74) is -0.164. The molecule has 1 aromatic heterocycles. The van der Waals surface area contributed by atoms with E-state index in [9.17, 15) is 18.0 Å². The predicted octanol–water partition coefficient (Wildman–Crippen LogP) is 1.95. The summed E-state index contributed by atoms with van der Waals surface area (Å²) in [7, 11) is 0. The number of carbonyl (C=O) groups is 1. The van der Waals surface area contributed by atoms with Gasteiger partial charge in [-0.2, -0.15) is 13.2 Å². The van der Waals surface area contributed by atoms with Crippen molar-refractivity contribution in [3.05, 3.63) is 18.0 Å². The molecule has 5 nitrogen and oxygen atoms in total. The zero-order valence-corrected chi connectivity index (χ0v) is 9.89. The Balaban J connectivity index is 2.05. The molecule has 1 N–H and O–H groups in total. The van der Waals surface area contributed by atoms with Gasteiger partial charge in [0.15, 0.2) is 5.69 Å². The molecule has 0 radical (unpaired) electrons. The standard InChI is InChI=1S/C11H12F3N3O2/c12-11(13,14)7-2-5-17(6-3-7)10-15-4-1-8(16-10)9(18)19/h1,4,7H,2-3,5-6H2,(H,18,19). The van der Waals surface area contributed by atoms with Gasteiger partial charge in [-0.15, -0.1) is 0 Å². The van der Waals surface area contributed by atoms with Gasteiger partial charge in [-0.1, -0.05) is 0 Å². The maximum atomic E-state index is 12.5. The zero-order chi connectivity index (χ0) is 14.0. The Labute approximate surface area is 107 Å². The topological polar surface area (TPSA) is 66.3 Å². The van der Waals surface area contributed by atoms with Gasteiger partial charge >= 0.3 is 12.1 Å². The summed E-state index contributed by atoms with van der Waals surface area (Å²) in [6, 6.07) is 1.24. The Hall–Kier alpha value is -1.86. The lowest BCUT2D eigenvalue weighted by atomic mass is 9.96. The molecule has 0 bridgehead atoms. The van der Waals surface area contributed by atoms with Gasteiger partial charge in [-0.05, 0) is 18.9 Å². The highest BCUT2D eigenvalue weighted by molar-refractivity contribution is 5.85. The first-order valence-electron chi connectivity index (χ1n) is 5.76. The largest absolute Gasteiger partial charge is 0.477 e. The molecule has 2 heterocycles. The van der Waals surface area contributed by atoms with Crippen LogP contribution in [0.15, 0.2) is 12.3 Å². The third-order valence-corrected chi connectivity index (χ3v) is 3.10. The number of rotatable bonds is 2. The first-order chi connectivity index (χ1) is 8.88. The summed E-state index contributed by atoms with van der Waals surface area (Å²) in [5, 5.41) is 8.80. The molecule has 104 valence electrons. The molecular weight excluding hydrogens is 263 g/mol. The normalized spacial score (nSPS) is 17.5. The number of carboxylic acids is 1. The molecule has 2 rings (SSSR count). The lowest BCUT2D eigenvalue weighted by molar-refractivity contribution is -0.179. The number of carboxylic acid groups (broad SMARTS) is 1. The van der Waals surface area contributed by atoms with Crippen molar-refractivity contribution in [1.29, 1.82) is 0 Å². The Morgan fingerprint density at radius 2 is 2.00 bits per heavy atom. The van der Waals surface area contributed by atoms with Crippen LogP contribution in [0.3, 0.4) is 0 Å². The minimum Gasteiger partial charge on any atom is -0.477 e. The van der Waals surface area contributed by atoms with Gasteiger partial charge in [0.1, 0.15) is 0 Å². The predicted molar refractivity (Wildman–Crippen MR) is 60.0 cm³/mol. The maximum absolute atomic E-state index is 12.5. The molecule has 8 heteroatoms. The second kappa shape index (κ2) is 5.02. The van der Waals surface area contributed by atoms with E-state index >= 15 is 0 Å². The average molecular weight is 275 g/mol. The molecule has 0 atom stereocenters. The minimum absolute atomic E-state index is 0.0237. The molecule has 0 spiro atoms. The van der Waals surface area contributed by atoms with Gasteiger partial charge in [0.2, 0.25) is 5.95 Å². The number of hydrogen-bond donors (Lipinski definition) is 1. The Kier molecular flexibility index (Phi) is 3.59. The van der Waals surface area contributed by atoms with Crippen molar-refractivity contribution in [3.63, 3.8) is 0 Å². The zero-order valence-electron chi connectivity index (χ0n) is 9.89. The van der Waals surface area contributed by atoms with E-state index in [1.807, 2.05) is 0 Å². The Bertz CT molecular complexity index is 470. The van der Waals surface area contributed by atoms with E-state index in [4.69, 9.17) is 5.11 Å². The number of alkyl halides is 3. The first-order valence-corrected chi connectivity index (χ1v) is 5.76. The van der Waals surface area contributed by atoms with Crippen LogP contribution in [-0.4, -0.2) is 40.3 Å². The summed E-state index contributed by atoms with van der Waals surface area (Å²) in [4.78, 5) is 20.1. The second-order valence-electron chi connectivity index (χ2n) is 4.35. The molecule has 0 aromatic carbocycles. The summed E-state index contributed by atoms with van der Waals surface area (Å²) in [6.45, 7) is 0.348. The van der Waals surface area contributed by atoms with Crippen LogP contribution in [-0.2, 0) is 0 Å². The average Bonchev–Trinajstić information content (AvgIpc) is 2.38. The fourth-order valence-electron chi connectivity index (χ4n) is 2.03. The van der Waals surface area contributed by atoms with E-state index in [1.54, 1.807) is 4.90 Å². The summed E-state index contributed by atoms with van der Waals surface area (Å²) < 4.78 is 37.5. The lowest BCUT2D eigenvalue weighted by Gasteiger charge is -2.32. The van der Waals surface area contributed by atoms with E-state index in [0.29, 0.717) is 0 Å². The first kappa shape index (κ1) is 13.6. The number of aromatic carboxylic acids is 1. The fraction of sp³-hybridized carbons (Fsp3) is 0.545. The molecule has 0 saturated carbocycles. The van der Waals surface area contributed by atoms with Crippen molar-refractivity contribution in [3.8, 4) is 0 Å². The monoisotopic (exact) mass is 275 g/mol. The van der Waals surface area contributed by atoms with Crippen molar-refractivity contribution >= 4 is 11.9 Å². The van der Waals surface area contributed by atoms with Crippen LogP contribution >= 0.6 is 0 Å². The van der Waals surface area contributed by atoms with Crippen molar-refractivity contribution < 1.29 is 23.1 Å². The van der Waals surface area contributed by atoms with Crippen LogP contribution in [0, 0.1) is 5.92 Å². The van der Waals surface area contributed by atoms with Crippen molar-refractivity contribution in [2.45, 2.75) is 19.0 Å². The van der Waals surface area contributed by atoms with Gasteiger partial charge in [-0.3, -0.25) is 0 Å². The van der Waals surface area contributed by atoms with Crippen LogP contribution in [0.1, 0.15) is 23.3 Å². The van der Waals surface area contributed by atoms with Crippen LogP contribution in [0.2, 0.25) is 0 Å². The third-order valence-electron chi connectivity index (χ3n) is 3.10. The van der Waals surface area contributed by atoms with Gasteiger partial charge in [0.05, 0.1) is 5.92 Å². The van der Waals surface area contributed by atoms with E-state index < -0.39 is 18.1 Å². The van der Waals surface area contributed by atoms with Crippen LogP contribution in [0.4, 0.5) is 19.1 Å². The molecule has 1 saturated heterocycles. The smallest absolute Gasteiger partial charge is 0.391 e. The summed E-state index contributed by atoms with van der Waals surface area (Å²) in [6.07, 6.45) is -2.92. The number of anilines is 1. The van der Waals surface area contributed by atoms with E-state index in [2.05, 4.69) is 9.97 Å². The van der Waals surface area contributed by atoms with Gasteiger partial charge in [-0.25, -0.2) is 14.8 Å². The summed E-state index contributed by atoms with van der Waals surface area (Å²) >= 11 is 0. The highest BCUT2D eigenvalue weighted by atomic mass is 19.4. The number of piperidine rings is 1. The fourth-order valence-corrected chi connectivity index (χ4v) is 2.03. The number of aromatic nitrogens is 2. The number of nitrogens with zero attached hydrogens (tertiary/aromatic N) is 3. The van der Waals surface area contributed by atoms with Gasteiger partial charge in [0, 0.05) is 19.3 Å². The SMILES string of the molecule is O=C(O)c1ccnc(N2CCC(C(F)(F)F)CC2)n1. The van der Waals surface area contributed by atoms with Crippen molar-refractivity contribution in [2.24, 2.45) is 5.92 Å². The molecule has 19 heavy (non-hydrogen) atoms. The number of hydrogen-bond acceptors (Lipinski definition) is 4. The van der Waals surface area contributed by atoms with Crippen LogP contribution in [0.25, 0.3) is 0 Å². The highest BCUT2D eigenvalue weighted by Crippen LogP contribution is 2.34. The Morgan fingerprint density at radius 1 is 1.37 bits per heavy atom. The molecule has 0 aliphatic carbocycles. The van der Waals surface area contributed by atoms with Crippen LogP contribution < -0.4 is 4.90 Å². The van der Waals surface area contributed by atoms with Gasteiger partial charge in [0.25, 0.3) is 0 Å². The molecule has 1 aliphatic heterocycles. The van der Waals surface area contributed by atoms with Gasteiger partial charge < -0.3 is 10.0 Å². The molecule has 0 unspecified atom stereocenters. The van der Waals surface area contributed by atoms with E-state index in [0.717, 1.165) is 0 Å². The number of halogens is 3. The minimum atomic E-state index is -4.17. The van der Waals surface area contributed by atoms with E-state index in [1.165, 1.54) is 12.3 Å². The molecule has 1 aliphatic rings. The molecular formula is C11H12F3N3O2. The molecule has 0 amide bonds. The lowest BCUT2D eigenvalue weighted by Crippen LogP contribution is -2.39. The van der Waals surface area contributed by atoms with E-state index in [-0.39, 0.29) is 37.6 Å². The quantitative estimate of drug-likeness (QED) is 0.893. The molecule has 1 fully saturated rings. The van der Waals surface area contributed by atoms with Crippen LogP contribution in [0.5, 0.6) is 0 Å².